The van der Waals surface area contributed by atoms with Crippen molar-refractivity contribution in [3.05, 3.63) is 41.2 Å². The molecule has 7 heteroatoms. The minimum absolute atomic E-state index is 0.0978. The fraction of sp³-hybridized carbons (Fsp3) is 0.435. The highest BCUT2D eigenvalue weighted by atomic mass is 16.5. The van der Waals surface area contributed by atoms with Gasteiger partial charge < -0.3 is 19.4 Å². The van der Waals surface area contributed by atoms with Gasteiger partial charge in [0.25, 0.3) is 11.7 Å². The topological polar surface area (TPSA) is 88.7 Å². The molecular weight excluding hydrogens is 384 g/mol. The number of benzene rings is 1. The number of hydrogen-bond donors (Lipinski definition) is 1. The maximum absolute atomic E-state index is 13.2. The third-order valence-electron chi connectivity index (χ3n) is 4.92. The number of likely N-dealkylation sites (N-methyl/N-ethyl adjacent to an activating group) is 1. The first-order chi connectivity index (χ1) is 14.4. The molecule has 1 heterocycles. The lowest BCUT2D eigenvalue weighted by atomic mass is 9.98. The number of hydrogen-bond acceptors (Lipinski definition) is 5. The lowest BCUT2D eigenvalue weighted by Gasteiger charge is -2.19. The molecule has 0 aliphatic carbocycles. The van der Waals surface area contributed by atoms with Crippen molar-refractivity contribution in [2.24, 2.45) is 0 Å². The summed E-state index contributed by atoms with van der Waals surface area (Å²) in [5.41, 5.74) is 1.83. The van der Waals surface area contributed by atoms with Gasteiger partial charge in [-0.15, -0.1) is 0 Å². The number of unbranched alkanes of at least 4 members (excludes halogenated alkanes) is 1. The second-order valence-corrected chi connectivity index (χ2v) is 6.89. The van der Waals surface area contributed by atoms with Crippen LogP contribution in [-0.4, -0.2) is 54.3 Å². The molecule has 162 valence electrons. The number of rotatable bonds is 10. The molecule has 1 aromatic heterocycles. The van der Waals surface area contributed by atoms with Crippen molar-refractivity contribution >= 4 is 17.7 Å². The standard InChI is InChI=1S/C23H30N2O5/c1-6-9-14-25(7-2)22(27)21(26)20-19(16-10-12-17(29-5)13-11-16)18(15(4)24-20)23(28)30-8-3/h10-13,24H,6-9,14H2,1-5H3. The molecular formula is C23H30N2O5. The number of Topliss-reactive ketones (excluding diaryl/α,β-unsaturated/α-hetero) is 1. The Hall–Kier alpha value is -3.09. The highest BCUT2D eigenvalue weighted by molar-refractivity contribution is 6.43. The van der Waals surface area contributed by atoms with E-state index in [1.807, 2.05) is 13.8 Å². The fourth-order valence-electron chi connectivity index (χ4n) is 3.30. The molecule has 0 bridgehead atoms. The van der Waals surface area contributed by atoms with Crippen LogP contribution in [0, 0.1) is 6.92 Å². The number of amides is 1. The van der Waals surface area contributed by atoms with Crippen LogP contribution in [0.5, 0.6) is 5.75 Å². The number of aromatic amines is 1. The molecule has 0 spiro atoms. The number of methoxy groups -OCH3 is 1. The number of nitrogens with one attached hydrogen (secondary N) is 1. The SMILES string of the molecule is CCCCN(CC)C(=O)C(=O)c1[nH]c(C)c(C(=O)OCC)c1-c1ccc(OC)cc1. The molecule has 1 amide bonds. The Morgan fingerprint density at radius 3 is 2.27 bits per heavy atom. The predicted molar refractivity (Wildman–Crippen MR) is 115 cm³/mol. The molecule has 0 saturated heterocycles. The molecule has 0 atom stereocenters. The molecule has 0 aliphatic heterocycles. The van der Waals surface area contributed by atoms with E-state index in [-0.39, 0.29) is 17.9 Å². The summed E-state index contributed by atoms with van der Waals surface area (Å²) in [4.78, 5) is 43.2. The molecule has 30 heavy (non-hydrogen) atoms. The minimum Gasteiger partial charge on any atom is -0.497 e. The van der Waals surface area contributed by atoms with Crippen molar-refractivity contribution < 1.29 is 23.9 Å². The summed E-state index contributed by atoms with van der Waals surface area (Å²) >= 11 is 0. The second-order valence-electron chi connectivity index (χ2n) is 6.89. The van der Waals surface area contributed by atoms with Gasteiger partial charge >= 0.3 is 5.97 Å². The Labute approximate surface area is 177 Å². The summed E-state index contributed by atoms with van der Waals surface area (Å²) in [6, 6.07) is 6.98. The van der Waals surface area contributed by atoms with Gasteiger partial charge in [0.05, 0.1) is 19.3 Å². The normalized spacial score (nSPS) is 10.6. The summed E-state index contributed by atoms with van der Waals surface area (Å²) < 4.78 is 10.4. The lowest BCUT2D eigenvalue weighted by Crippen LogP contribution is -2.37. The zero-order valence-electron chi connectivity index (χ0n) is 18.3. The first-order valence-electron chi connectivity index (χ1n) is 10.3. The van der Waals surface area contributed by atoms with Crippen LogP contribution in [0.15, 0.2) is 24.3 Å². The number of aryl methyl sites for hydroxylation is 1. The molecule has 0 radical (unpaired) electrons. The summed E-state index contributed by atoms with van der Waals surface area (Å²) in [6.45, 7) is 8.43. The Morgan fingerprint density at radius 1 is 1.07 bits per heavy atom. The highest BCUT2D eigenvalue weighted by Gasteiger charge is 2.31. The summed E-state index contributed by atoms with van der Waals surface area (Å²) in [7, 11) is 1.56. The van der Waals surface area contributed by atoms with Gasteiger partial charge in [0, 0.05) is 24.3 Å². The van der Waals surface area contributed by atoms with E-state index in [1.165, 1.54) is 4.90 Å². The number of nitrogens with zero attached hydrogens (tertiary/aromatic N) is 1. The van der Waals surface area contributed by atoms with Crippen LogP contribution in [0.4, 0.5) is 0 Å². The first kappa shape index (κ1) is 23.2. The number of H-pyrrole nitrogens is 1. The van der Waals surface area contributed by atoms with Crippen molar-refractivity contribution in [2.45, 2.75) is 40.5 Å². The van der Waals surface area contributed by atoms with E-state index in [1.54, 1.807) is 45.2 Å². The summed E-state index contributed by atoms with van der Waals surface area (Å²) in [6.07, 6.45) is 1.74. The maximum atomic E-state index is 13.2. The third kappa shape index (κ3) is 4.90. The van der Waals surface area contributed by atoms with E-state index in [9.17, 15) is 14.4 Å². The van der Waals surface area contributed by atoms with Crippen LogP contribution in [0.3, 0.4) is 0 Å². The molecule has 2 rings (SSSR count). The average Bonchev–Trinajstić information content (AvgIpc) is 3.10. The number of ether oxygens (including phenoxy) is 2. The molecule has 0 unspecified atom stereocenters. The summed E-state index contributed by atoms with van der Waals surface area (Å²) in [5.74, 6) is -1.15. The van der Waals surface area contributed by atoms with Crippen LogP contribution in [-0.2, 0) is 9.53 Å². The molecule has 2 aromatic rings. The fourth-order valence-corrected chi connectivity index (χ4v) is 3.30. The Bertz CT molecular complexity index is 899. The largest absolute Gasteiger partial charge is 0.497 e. The number of carbonyl (C=O) groups is 3. The van der Waals surface area contributed by atoms with Gasteiger partial charge in [0.2, 0.25) is 0 Å². The van der Waals surface area contributed by atoms with E-state index >= 15 is 0 Å². The Kier molecular flexibility index (Phi) is 8.21. The maximum Gasteiger partial charge on any atom is 0.340 e. The Morgan fingerprint density at radius 2 is 1.73 bits per heavy atom. The highest BCUT2D eigenvalue weighted by Crippen LogP contribution is 2.33. The minimum atomic E-state index is -0.669. The predicted octanol–water partition coefficient (Wildman–Crippen LogP) is 4.01. The smallest absolute Gasteiger partial charge is 0.340 e. The average molecular weight is 415 g/mol. The van der Waals surface area contributed by atoms with E-state index in [2.05, 4.69) is 4.98 Å². The zero-order chi connectivity index (χ0) is 22.3. The van der Waals surface area contributed by atoms with Gasteiger partial charge in [-0.25, -0.2) is 4.79 Å². The lowest BCUT2D eigenvalue weighted by molar-refractivity contribution is -0.126. The zero-order valence-corrected chi connectivity index (χ0v) is 18.3. The van der Waals surface area contributed by atoms with Crippen LogP contribution in [0.2, 0.25) is 0 Å². The van der Waals surface area contributed by atoms with Crippen molar-refractivity contribution in [1.29, 1.82) is 0 Å². The molecule has 0 aliphatic rings. The molecule has 1 N–H and O–H groups in total. The van der Waals surface area contributed by atoms with Crippen LogP contribution >= 0.6 is 0 Å². The molecule has 0 saturated carbocycles. The van der Waals surface area contributed by atoms with E-state index in [4.69, 9.17) is 9.47 Å². The third-order valence-corrected chi connectivity index (χ3v) is 4.92. The van der Waals surface area contributed by atoms with Crippen LogP contribution in [0.25, 0.3) is 11.1 Å². The van der Waals surface area contributed by atoms with Crippen LogP contribution in [0.1, 0.15) is 60.2 Å². The molecule has 0 fully saturated rings. The number of carbonyl (C=O) groups excluding carboxylic acids is 3. The van der Waals surface area contributed by atoms with E-state index in [0.29, 0.717) is 35.7 Å². The van der Waals surface area contributed by atoms with Gasteiger partial charge in [0.15, 0.2) is 0 Å². The number of ketones is 1. The van der Waals surface area contributed by atoms with Gasteiger partial charge in [0.1, 0.15) is 11.4 Å². The van der Waals surface area contributed by atoms with Crippen molar-refractivity contribution in [3.8, 4) is 16.9 Å². The number of esters is 1. The van der Waals surface area contributed by atoms with E-state index in [0.717, 1.165) is 12.8 Å². The molecule has 7 nitrogen and oxygen atoms in total. The van der Waals surface area contributed by atoms with Gasteiger partial charge in [-0.2, -0.15) is 0 Å². The monoisotopic (exact) mass is 414 g/mol. The van der Waals surface area contributed by atoms with E-state index < -0.39 is 17.7 Å². The number of aromatic nitrogens is 1. The van der Waals surface area contributed by atoms with Gasteiger partial charge in [-0.1, -0.05) is 25.5 Å². The Balaban J connectivity index is 2.58. The quantitative estimate of drug-likeness (QED) is 0.361. The van der Waals surface area contributed by atoms with Crippen molar-refractivity contribution in [2.75, 3.05) is 26.8 Å². The summed E-state index contributed by atoms with van der Waals surface area (Å²) in [5, 5.41) is 0. The van der Waals surface area contributed by atoms with Gasteiger partial charge in [-0.05, 0) is 44.9 Å². The van der Waals surface area contributed by atoms with Gasteiger partial charge in [-0.3, -0.25) is 9.59 Å². The van der Waals surface area contributed by atoms with Crippen molar-refractivity contribution in [1.82, 2.24) is 9.88 Å². The van der Waals surface area contributed by atoms with Crippen LogP contribution < -0.4 is 4.74 Å². The first-order valence-corrected chi connectivity index (χ1v) is 10.3. The second kappa shape index (κ2) is 10.6. The van der Waals surface area contributed by atoms with Crippen molar-refractivity contribution in [3.63, 3.8) is 0 Å². The molecule has 1 aromatic carbocycles.